The molecular weight excluding hydrogens is 358 g/mol. The molecule has 2 aromatic rings. The quantitative estimate of drug-likeness (QED) is 0.847. The second kappa shape index (κ2) is 7.24. The standard InChI is InChI=1S/C21H23N3O4/c1-23(10-15-5-4-8-22-9-15)12-19(25)24-11-17-16-6-2-3-7-18(16)28-14-21(17,13-24)20(26)27/h2-9,17H,10-14H2,1H3,(H,26,27)/t17-,21-/m0/s1. The van der Waals surface area contributed by atoms with Crippen LogP contribution >= 0.6 is 0 Å². The molecule has 0 bridgehead atoms. The predicted molar refractivity (Wildman–Crippen MR) is 102 cm³/mol. The lowest BCUT2D eigenvalue weighted by molar-refractivity contribution is -0.152. The van der Waals surface area contributed by atoms with Gasteiger partial charge >= 0.3 is 5.97 Å². The van der Waals surface area contributed by atoms with Crippen molar-refractivity contribution in [3.8, 4) is 5.75 Å². The van der Waals surface area contributed by atoms with Gasteiger partial charge in [0.25, 0.3) is 0 Å². The van der Waals surface area contributed by atoms with Gasteiger partial charge in [-0.05, 0) is 24.7 Å². The van der Waals surface area contributed by atoms with Crippen molar-refractivity contribution in [1.82, 2.24) is 14.8 Å². The number of likely N-dealkylation sites (tertiary alicyclic amines) is 1. The summed E-state index contributed by atoms with van der Waals surface area (Å²) < 4.78 is 5.75. The maximum absolute atomic E-state index is 12.9. The minimum Gasteiger partial charge on any atom is -0.492 e. The molecule has 146 valence electrons. The number of carbonyl (C=O) groups excluding carboxylic acids is 1. The van der Waals surface area contributed by atoms with Crippen LogP contribution < -0.4 is 4.74 Å². The van der Waals surface area contributed by atoms with E-state index in [1.807, 2.05) is 48.3 Å². The van der Waals surface area contributed by atoms with E-state index in [0.29, 0.717) is 18.8 Å². The second-order valence-corrected chi connectivity index (χ2v) is 7.65. The molecular formula is C21H23N3O4. The molecule has 0 radical (unpaired) electrons. The van der Waals surface area contributed by atoms with Gasteiger partial charge in [-0.25, -0.2) is 0 Å². The molecule has 0 spiro atoms. The van der Waals surface area contributed by atoms with Gasteiger partial charge in [0.2, 0.25) is 5.91 Å². The lowest BCUT2D eigenvalue weighted by Gasteiger charge is -2.35. The van der Waals surface area contributed by atoms with Gasteiger partial charge in [-0.3, -0.25) is 19.5 Å². The van der Waals surface area contributed by atoms with Gasteiger partial charge < -0.3 is 14.7 Å². The van der Waals surface area contributed by atoms with Crippen LogP contribution in [0.1, 0.15) is 17.0 Å². The van der Waals surface area contributed by atoms with E-state index >= 15 is 0 Å². The summed E-state index contributed by atoms with van der Waals surface area (Å²) in [5.41, 5.74) is 0.804. The second-order valence-electron chi connectivity index (χ2n) is 7.65. The number of carboxylic acids is 1. The average molecular weight is 381 g/mol. The Labute approximate surface area is 163 Å². The number of ether oxygens (including phenoxy) is 1. The lowest BCUT2D eigenvalue weighted by atomic mass is 9.73. The molecule has 2 aliphatic heterocycles. The summed E-state index contributed by atoms with van der Waals surface area (Å²) in [5, 5.41) is 9.97. The first-order chi connectivity index (χ1) is 13.5. The summed E-state index contributed by atoms with van der Waals surface area (Å²) >= 11 is 0. The predicted octanol–water partition coefficient (Wildman–Crippen LogP) is 1.60. The molecule has 3 heterocycles. The van der Waals surface area contributed by atoms with E-state index in [9.17, 15) is 14.7 Å². The first-order valence-corrected chi connectivity index (χ1v) is 9.30. The third-order valence-corrected chi connectivity index (χ3v) is 5.68. The Morgan fingerprint density at radius 2 is 2.14 bits per heavy atom. The van der Waals surface area contributed by atoms with Crippen molar-refractivity contribution in [2.45, 2.75) is 12.5 Å². The maximum atomic E-state index is 12.9. The number of nitrogens with zero attached hydrogens (tertiary/aromatic N) is 3. The third-order valence-electron chi connectivity index (χ3n) is 5.68. The van der Waals surface area contributed by atoms with Crippen molar-refractivity contribution < 1.29 is 19.4 Å². The molecule has 7 nitrogen and oxygen atoms in total. The summed E-state index contributed by atoms with van der Waals surface area (Å²) in [6, 6.07) is 11.3. The van der Waals surface area contributed by atoms with Gasteiger partial charge in [-0.15, -0.1) is 0 Å². The van der Waals surface area contributed by atoms with Gasteiger partial charge in [0.1, 0.15) is 17.8 Å². The van der Waals surface area contributed by atoms with Crippen LogP contribution in [0.3, 0.4) is 0 Å². The molecule has 1 fully saturated rings. The molecule has 2 aliphatic rings. The average Bonchev–Trinajstić information content (AvgIpc) is 3.11. The molecule has 1 aromatic carbocycles. The van der Waals surface area contributed by atoms with Crippen molar-refractivity contribution in [3.05, 3.63) is 59.9 Å². The SMILES string of the molecule is CN(CC(=O)N1C[C@H]2c3ccccc3OC[C@@]2(C(=O)O)C1)Cc1cccnc1. The Morgan fingerprint density at radius 1 is 1.32 bits per heavy atom. The van der Waals surface area contributed by atoms with Crippen molar-refractivity contribution in [2.24, 2.45) is 5.41 Å². The summed E-state index contributed by atoms with van der Waals surface area (Å²) in [6.45, 7) is 1.47. The maximum Gasteiger partial charge on any atom is 0.315 e. The van der Waals surface area contributed by atoms with Crippen molar-refractivity contribution in [1.29, 1.82) is 0 Å². The van der Waals surface area contributed by atoms with Crippen LogP contribution in [-0.4, -0.2) is 65.1 Å². The smallest absolute Gasteiger partial charge is 0.315 e. The zero-order valence-corrected chi connectivity index (χ0v) is 15.7. The van der Waals surface area contributed by atoms with Crippen LogP contribution in [-0.2, 0) is 16.1 Å². The van der Waals surface area contributed by atoms with E-state index in [1.165, 1.54) is 0 Å². The fraction of sp³-hybridized carbons (Fsp3) is 0.381. The number of carboxylic acid groups (broad SMARTS) is 1. The van der Waals surface area contributed by atoms with Gasteiger partial charge in [-0.2, -0.15) is 0 Å². The normalized spacial score (nSPS) is 23.1. The first kappa shape index (κ1) is 18.4. The van der Waals surface area contributed by atoms with Crippen molar-refractivity contribution >= 4 is 11.9 Å². The molecule has 1 saturated heterocycles. The highest BCUT2D eigenvalue weighted by molar-refractivity contribution is 5.83. The highest BCUT2D eigenvalue weighted by Crippen LogP contribution is 2.49. The number of aliphatic carboxylic acids is 1. The number of likely N-dealkylation sites (N-methyl/N-ethyl adjacent to an activating group) is 1. The Balaban J connectivity index is 1.49. The Bertz CT molecular complexity index is 888. The highest BCUT2D eigenvalue weighted by Gasteiger charge is 2.57. The van der Waals surface area contributed by atoms with E-state index in [0.717, 1.165) is 11.1 Å². The number of aromatic nitrogens is 1. The van der Waals surface area contributed by atoms with Gasteiger partial charge in [0, 0.05) is 43.5 Å². The third kappa shape index (κ3) is 3.22. The fourth-order valence-corrected chi connectivity index (χ4v) is 4.22. The molecule has 28 heavy (non-hydrogen) atoms. The zero-order valence-electron chi connectivity index (χ0n) is 15.7. The monoisotopic (exact) mass is 381 g/mol. The first-order valence-electron chi connectivity index (χ1n) is 9.30. The Hall–Kier alpha value is -2.93. The number of fused-ring (bicyclic) bond motifs is 3. The number of hydrogen-bond donors (Lipinski definition) is 1. The molecule has 1 N–H and O–H groups in total. The number of pyridine rings is 1. The highest BCUT2D eigenvalue weighted by atomic mass is 16.5. The van der Waals surface area contributed by atoms with Gasteiger partial charge in [0.05, 0.1) is 6.54 Å². The van der Waals surface area contributed by atoms with E-state index < -0.39 is 11.4 Å². The van der Waals surface area contributed by atoms with Crippen LogP contribution in [0.4, 0.5) is 0 Å². The number of para-hydroxylation sites is 1. The molecule has 4 rings (SSSR count). The van der Waals surface area contributed by atoms with Crippen LogP contribution in [0, 0.1) is 5.41 Å². The number of benzene rings is 1. The van der Waals surface area contributed by atoms with E-state index in [1.54, 1.807) is 17.3 Å². The number of rotatable bonds is 5. The molecule has 0 aliphatic carbocycles. The van der Waals surface area contributed by atoms with Gasteiger partial charge in [-0.1, -0.05) is 24.3 Å². The Kier molecular flexibility index (Phi) is 4.77. The minimum absolute atomic E-state index is 0.0705. The van der Waals surface area contributed by atoms with Crippen LogP contribution in [0.2, 0.25) is 0 Å². The van der Waals surface area contributed by atoms with E-state index in [-0.39, 0.29) is 31.5 Å². The molecule has 1 amide bonds. The fourth-order valence-electron chi connectivity index (χ4n) is 4.22. The number of carbonyl (C=O) groups is 2. The molecule has 2 atom stereocenters. The topological polar surface area (TPSA) is 83.0 Å². The van der Waals surface area contributed by atoms with E-state index in [4.69, 9.17) is 4.74 Å². The van der Waals surface area contributed by atoms with Gasteiger partial charge in [0.15, 0.2) is 0 Å². The van der Waals surface area contributed by atoms with Crippen LogP contribution in [0.25, 0.3) is 0 Å². The van der Waals surface area contributed by atoms with Crippen LogP contribution in [0.5, 0.6) is 5.75 Å². The minimum atomic E-state index is -1.09. The van der Waals surface area contributed by atoms with Crippen LogP contribution in [0.15, 0.2) is 48.8 Å². The summed E-state index contributed by atoms with van der Waals surface area (Å²) in [7, 11) is 1.87. The van der Waals surface area contributed by atoms with Crippen molar-refractivity contribution in [2.75, 3.05) is 33.3 Å². The van der Waals surface area contributed by atoms with Crippen molar-refractivity contribution in [3.63, 3.8) is 0 Å². The number of amides is 1. The summed E-state index contributed by atoms with van der Waals surface area (Å²) in [5.74, 6) is -0.528. The molecule has 0 unspecified atom stereocenters. The lowest BCUT2D eigenvalue weighted by Crippen LogP contribution is -2.46. The number of hydrogen-bond acceptors (Lipinski definition) is 5. The van der Waals surface area contributed by atoms with E-state index in [2.05, 4.69) is 4.98 Å². The summed E-state index contributed by atoms with van der Waals surface area (Å²) in [6.07, 6.45) is 3.49. The Morgan fingerprint density at radius 3 is 2.89 bits per heavy atom. The molecule has 1 aromatic heterocycles. The summed E-state index contributed by atoms with van der Waals surface area (Å²) in [4.78, 5) is 32.7. The zero-order chi connectivity index (χ0) is 19.7. The molecule has 7 heteroatoms. The molecule has 0 saturated carbocycles. The largest absolute Gasteiger partial charge is 0.492 e.